The fourth-order valence-corrected chi connectivity index (χ4v) is 1.88. The van der Waals surface area contributed by atoms with Crippen molar-refractivity contribution >= 4 is 23.7 Å². The Balaban J connectivity index is 3.36. The summed E-state index contributed by atoms with van der Waals surface area (Å²) >= 11 is 0. The van der Waals surface area contributed by atoms with Crippen molar-refractivity contribution in [2.75, 3.05) is 66.4 Å². The Hall–Kier alpha value is -2.08. The molecule has 11 nitrogen and oxygen atoms in total. The number of nitrogens with two attached hydrogens (primary N) is 2. The van der Waals surface area contributed by atoms with Crippen molar-refractivity contribution in [3.05, 3.63) is 0 Å². The Morgan fingerprint density at radius 1 is 0.964 bits per heavy atom. The molecule has 0 aromatic rings. The molecule has 0 spiro atoms. The van der Waals surface area contributed by atoms with Crippen LogP contribution in [0.4, 0.5) is 0 Å². The molecule has 11 heteroatoms. The van der Waals surface area contributed by atoms with Crippen molar-refractivity contribution < 1.29 is 28.5 Å². The zero-order chi connectivity index (χ0) is 21.0. The maximum Gasteiger partial charge on any atom is 0.222 e. The van der Waals surface area contributed by atoms with Crippen LogP contribution >= 0.6 is 0 Å². The van der Waals surface area contributed by atoms with Crippen molar-refractivity contribution in [2.45, 2.75) is 19.3 Å². The maximum atomic E-state index is 11.8. The number of hydrogen-bond donors (Lipinski definition) is 3. The molecule has 0 aromatic carbocycles. The second-order valence-electron chi connectivity index (χ2n) is 5.79. The van der Waals surface area contributed by atoms with Crippen molar-refractivity contribution in [1.29, 1.82) is 5.41 Å². The highest BCUT2D eigenvalue weighted by Gasteiger charge is 2.08. The molecular formula is C17H33N5O6. The first-order valence-corrected chi connectivity index (χ1v) is 9.11. The molecule has 0 aliphatic heterocycles. The molecule has 0 radical (unpaired) electrons. The van der Waals surface area contributed by atoms with Crippen LogP contribution in [0.3, 0.4) is 0 Å². The van der Waals surface area contributed by atoms with Gasteiger partial charge in [-0.2, -0.15) is 5.10 Å². The first kappa shape index (κ1) is 25.9. The number of rotatable bonds is 19. The molecule has 0 rings (SSSR count). The van der Waals surface area contributed by atoms with E-state index in [2.05, 4.69) is 5.10 Å². The van der Waals surface area contributed by atoms with Gasteiger partial charge in [-0.1, -0.05) is 0 Å². The van der Waals surface area contributed by atoms with Gasteiger partial charge in [0.1, 0.15) is 5.71 Å². The van der Waals surface area contributed by atoms with E-state index in [4.69, 9.17) is 35.9 Å². The van der Waals surface area contributed by atoms with E-state index in [1.807, 2.05) is 0 Å². The van der Waals surface area contributed by atoms with E-state index in [9.17, 15) is 9.59 Å². The molecule has 162 valence electrons. The largest absolute Gasteiger partial charge is 0.377 e. The normalized spacial score (nSPS) is 11.4. The predicted molar refractivity (Wildman–Crippen MR) is 104 cm³/mol. The monoisotopic (exact) mass is 403 g/mol. The van der Waals surface area contributed by atoms with Crippen LogP contribution in [0.5, 0.6) is 0 Å². The number of carbonyl (C=O) groups excluding carboxylic acids is 2. The van der Waals surface area contributed by atoms with E-state index in [1.165, 1.54) is 0 Å². The van der Waals surface area contributed by atoms with Crippen LogP contribution in [0, 0.1) is 5.41 Å². The molecule has 5 N–H and O–H groups in total. The Morgan fingerprint density at radius 2 is 1.50 bits per heavy atom. The van der Waals surface area contributed by atoms with Crippen molar-refractivity contribution in [3.8, 4) is 0 Å². The molecule has 0 heterocycles. The quantitative estimate of drug-likeness (QED) is 0.109. The van der Waals surface area contributed by atoms with Crippen LogP contribution in [0.15, 0.2) is 5.10 Å². The molecule has 28 heavy (non-hydrogen) atoms. The number of ether oxygens (including phenoxy) is 4. The van der Waals surface area contributed by atoms with Gasteiger partial charge in [0.05, 0.1) is 52.9 Å². The number of amides is 2. The summed E-state index contributed by atoms with van der Waals surface area (Å²) in [7, 11) is 1.70. The van der Waals surface area contributed by atoms with Crippen LogP contribution < -0.4 is 11.6 Å². The number of hydrogen-bond acceptors (Lipinski definition) is 9. The van der Waals surface area contributed by atoms with Gasteiger partial charge < -0.3 is 40.8 Å². The van der Waals surface area contributed by atoms with Gasteiger partial charge in [-0.15, -0.1) is 0 Å². The van der Waals surface area contributed by atoms with E-state index in [0.717, 1.165) is 6.21 Å². The highest BCUT2D eigenvalue weighted by molar-refractivity contribution is 6.30. The zero-order valence-electron chi connectivity index (χ0n) is 16.6. The van der Waals surface area contributed by atoms with Crippen LogP contribution in [0.2, 0.25) is 0 Å². The smallest absolute Gasteiger partial charge is 0.222 e. The summed E-state index contributed by atoms with van der Waals surface area (Å²) in [6, 6.07) is 0. The van der Waals surface area contributed by atoms with Crippen molar-refractivity contribution in [2.24, 2.45) is 16.7 Å². The van der Waals surface area contributed by atoms with E-state index in [1.54, 1.807) is 11.9 Å². The second-order valence-corrected chi connectivity index (χ2v) is 5.79. The summed E-state index contributed by atoms with van der Waals surface area (Å²) < 4.78 is 21.3. The summed E-state index contributed by atoms with van der Waals surface area (Å²) in [5.74, 6) is 4.61. The lowest BCUT2D eigenvalue weighted by Gasteiger charge is -2.17. The molecular weight excluding hydrogens is 370 g/mol. The topological polar surface area (TPSA) is 163 Å². The first-order valence-electron chi connectivity index (χ1n) is 9.11. The molecule has 0 fully saturated rings. The molecule has 0 bridgehead atoms. The van der Waals surface area contributed by atoms with Crippen LogP contribution in [-0.4, -0.2) is 95.1 Å². The van der Waals surface area contributed by atoms with Crippen LogP contribution in [-0.2, 0) is 28.5 Å². The van der Waals surface area contributed by atoms with E-state index >= 15 is 0 Å². The maximum absolute atomic E-state index is 11.8. The predicted octanol–water partition coefficient (Wildman–Crippen LogP) is -0.869. The van der Waals surface area contributed by atoms with Gasteiger partial charge in [0.15, 0.2) is 0 Å². The molecule has 0 aromatic heterocycles. The molecule has 0 atom stereocenters. The summed E-state index contributed by atoms with van der Waals surface area (Å²) in [5.41, 5.74) is 5.40. The van der Waals surface area contributed by atoms with Crippen LogP contribution in [0.1, 0.15) is 19.3 Å². The van der Waals surface area contributed by atoms with Gasteiger partial charge in [-0.05, 0) is 6.42 Å². The molecule has 0 saturated heterocycles. The Kier molecular flexibility index (Phi) is 16.9. The summed E-state index contributed by atoms with van der Waals surface area (Å²) in [5, 5.41) is 10.4. The minimum atomic E-state index is -0.396. The minimum absolute atomic E-state index is 0.0356. The fourth-order valence-electron chi connectivity index (χ4n) is 1.88. The molecule has 0 aliphatic carbocycles. The first-order chi connectivity index (χ1) is 13.5. The lowest BCUT2D eigenvalue weighted by Crippen LogP contribution is -2.30. The number of primary amides is 1. The Labute approximate surface area is 165 Å². The average molecular weight is 403 g/mol. The van der Waals surface area contributed by atoms with Crippen LogP contribution in [0.25, 0.3) is 0 Å². The van der Waals surface area contributed by atoms with Gasteiger partial charge in [-0.3, -0.25) is 9.59 Å². The van der Waals surface area contributed by atoms with E-state index in [-0.39, 0.29) is 18.9 Å². The number of likely N-dealkylation sites (N-methyl/N-ethyl adjacent to an activating group) is 1. The highest BCUT2D eigenvalue weighted by Crippen LogP contribution is 1.99. The summed E-state index contributed by atoms with van der Waals surface area (Å²) in [6.07, 6.45) is 2.03. The van der Waals surface area contributed by atoms with E-state index < -0.39 is 5.91 Å². The summed E-state index contributed by atoms with van der Waals surface area (Å²) in [6.45, 7) is 3.62. The highest BCUT2D eigenvalue weighted by atomic mass is 16.6. The number of carbonyl (C=O) groups is 2. The molecule has 2 amide bonds. The van der Waals surface area contributed by atoms with Gasteiger partial charge >= 0.3 is 0 Å². The fraction of sp³-hybridized carbons (Fsp3) is 0.765. The number of nitrogens with zero attached hydrogens (tertiary/aromatic N) is 2. The Morgan fingerprint density at radius 3 is 2.00 bits per heavy atom. The number of nitrogens with one attached hydrogen (secondary N) is 1. The molecule has 0 saturated carbocycles. The standard InChI is InChI=1S/C17H33N5O6/c1-22(17(24)4-2-3-16(19)23)5-6-25-7-8-26-9-10-27-11-12-28-14-15(13-18)21-20/h13,18H,2-12,14,20H2,1H3,(H2,19,23). The number of hydrazone groups is 1. The third kappa shape index (κ3) is 16.1. The SMILES string of the molecule is CN(CCOCCOCCOCCOCC(C=N)=NN)C(=O)CCCC(N)=O. The average Bonchev–Trinajstić information content (AvgIpc) is 2.67. The molecule has 0 unspecified atom stereocenters. The lowest BCUT2D eigenvalue weighted by atomic mass is 10.2. The zero-order valence-corrected chi connectivity index (χ0v) is 16.6. The lowest BCUT2D eigenvalue weighted by molar-refractivity contribution is -0.130. The third-order valence-electron chi connectivity index (χ3n) is 3.51. The van der Waals surface area contributed by atoms with Crippen molar-refractivity contribution in [3.63, 3.8) is 0 Å². The van der Waals surface area contributed by atoms with Gasteiger partial charge in [0.2, 0.25) is 11.8 Å². The van der Waals surface area contributed by atoms with Gasteiger partial charge in [-0.25, -0.2) is 0 Å². The second kappa shape index (κ2) is 18.3. The molecule has 0 aliphatic rings. The van der Waals surface area contributed by atoms with Gasteiger partial charge in [0.25, 0.3) is 0 Å². The van der Waals surface area contributed by atoms with E-state index in [0.29, 0.717) is 71.3 Å². The van der Waals surface area contributed by atoms with Crippen molar-refractivity contribution in [1.82, 2.24) is 4.90 Å². The minimum Gasteiger partial charge on any atom is -0.377 e. The Bertz CT molecular complexity index is 475. The summed E-state index contributed by atoms with van der Waals surface area (Å²) in [4.78, 5) is 24.0. The van der Waals surface area contributed by atoms with Gasteiger partial charge in [0, 0.05) is 32.6 Å². The third-order valence-corrected chi connectivity index (χ3v) is 3.51.